The highest BCUT2D eigenvalue weighted by molar-refractivity contribution is 6.32. The maximum absolute atomic E-state index is 12.2. The lowest BCUT2D eigenvalue weighted by Crippen LogP contribution is -2.26. The SMILES string of the molecule is CN(Cc1ccc2c(c1)OCCO2)C(=O)c1ccoc1Cl. The zero-order chi connectivity index (χ0) is 14.8. The van der Waals surface area contributed by atoms with Crippen molar-refractivity contribution >= 4 is 17.5 Å². The molecule has 1 aliphatic rings. The Hall–Kier alpha value is -2.14. The standard InChI is InChI=1S/C15H14ClNO4/c1-17(15(18)11-4-5-21-14(11)16)9-10-2-3-12-13(8-10)20-7-6-19-12/h2-5,8H,6-7,9H2,1H3. The van der Waals surface area contributed by atoms with E-state index in [9.17, 15) is 4.79 Å². The normalized spacial score (nSPS) is 13.0. The molecule has 3 rings (SSSR count). The second kappa shape index (κ2) is 5.69. The molecule has 0 N–H and O–H groups in total. The summed E-state index contributed by atoms with van der Waals surface area (Å²) in [6.45, 7) is 1.54. The van der Waals surface area contributed by atoms with Crippen LogP contribution in [0.1, 0.15) is 15.9 Å². The van der Waals surface area contributed by atoms with Gasteiger partial charge in [-0.3, -0.25) is 4.79 Å². The minimum absolute atomic E-state index is 0.106. The third-order valence-electron chi connectivity index (χ3n) is 3.22. The van der Waals surface area contributed by atoms with Crippen molar-refractivity contribution in [1.29, 1.82) is 0 Å². The molecule has 1 aromatic carbocycles. The molecular formula is C15H14ClNO4. The number of furan rings is 1. The van der Waals surface area contributed by atoms with Gasteiger partial charge in [-0.2, -0.15) is 0 Å². The molecule has 0 bridgehead atoms. The molecule has 0 saturated carbocycles. The molecule has 1 aromatic heterocycles. The average Bonchev–Trinajstić information content (AvgIpc) is 2.92. The van der Waals surface area contributed by atoms with Gasteiger partial charge in [-0.15, -0.1) is 0 Å². The number of ether oxygens (including phenoxy) is 2. The Bertz CT molecular complexity index is 667. The number of carbonyl (C=O) groups excluding carboxylic acids is 1. The van der Waals surface area contributed by atoms with E-state index in [0.717, 1.165) is 11.3 Å². The third-order valence-corrected chi connectivity index (χ3v) is 3.51. The van der Waals surface area contributed by atoms with E-state index >= 15 is 0 Å². The highest BCUT2D eigenvalue weighted by Crippen LogP contribution is 2.31. The first-order valence-corrected chi connectivity index (χ1v) is 6.90. The molecule has 1 aliphatic heterocycles. The van der Waals surface area contributed by atoms with Crippen molar-refractivity contribution in [3.8, 4) is 11.5 Å². The fourth-order valence-corrected chi connectivity index (χ4v) is 2.38. The molecule has 0 unspecified atom stereocenters. The predicted octanol–water partition coefficient (Wildman–Crippen LogP) is 2.98. The van der Waals surface area contributed by atoms with Gasteiger partial charge in [0.1, 0.15) is 13.2 Å². The summed E-state index contributed by atoms with van der Waals surface area (Å²) in [7, 11) is 1.71. The number of benzene rings is 1. The molecule has 5 nitrogen and oxygen atoms in total. The topological polar surface area (TPSA) is 51.9 Å². The van der Waals surface area contributed by atoms with Crippen LogP contribution in [0, 0.1) is 0 Å². The van der Waals surface area contributed by atoms with E-state index in [1.165, 1.54) is 6.26 Å². The number of fused-ring (bicyclic) bond motifs is 1. The first-order valence-electron chi connectivity index (χ1n) is 6.52. The molecule has 110 valence electrons. The van der Waals surface area contributed by atoms with Crippen LogP contribution in [0.5, 0.6) is 11.5 Å². The van der Waals surface area contributed by atoms with Gasteiger partial charge in [-0.25, -0.2) is 0 Å². The second-order valence-corrected chi connectivity index (χ2v) is 5.09. The van der Waals surface area contributed by atoms with Gasteiger partial charge in [0.25, 0.3) is 5.91 Å². The summed E-state index contributed by atoms with van der Waals surface area (Å²) >= 11 is 5.83. The van der Waals surface area contributed by atoms with Gasteiger partial charge < -0.3 is 18.8 Å². The summed E-state index contributed by atoms with van der Waals surface area (Å²) in [5.74, 6) is 1.25. The summed E-state index contributed by atoms with van der Waals surface area (Å²) in [6, 6.07) is 7.21. The molecule has 0 radical (unpaired) electrons. The monoisotopic (exact) mass is 307 g/mol. The van der Waals surface area contributed by atoms with E-state index in [4.69, 9.17) is 25.5 Å². The Balaban J connectivity index is 1.74. The Labute approximate surface area is 127 Å². The number of amides is 1. The van der Waals surface area contributed by atoms with Crippen molar-refractivity contribution in [2.45, 2.75) is 6.54 Å². The van der Waals surface area contributed by atoms with Crippen LogP contribution in [-0.4, -0.2) is 31.1 Å². The highest BCUT2D eigenvalue weighted by Gasteiger charge is 2.18. The van der Waals surface area contributed by atoms with Crippen molar-refractivity contribution < 1.29 is 18.7 Å². The van der Waals surface area contributed by atoms with Crippen LogP contribution >= 0.6 is 11.6 Å². The minimum atomic E-state index is -0.191. The van der Waals surface area contributed by atoms with E-state index in [1.54, 1.807) is 18.0 Å². The lowest BCUT2D eigenvalue weighted by Gasteiger charge is -2.21. The van der Waals surface area contributed by atoms with E-state index in [0.29, 0.717) is 31.1 Å². The Morgan fingerprint density at radius 3 is 2.71 bits per heavy atom. The molecule has 1 amide bonds. The first kappa shape index (κ1) is 13.8. The molecule has 0 saturated heterocycles. The number of hydrogen-bond acceptors (Lipinski definition) is 4. The zero-order valence-electron chi connectivity index (χ0n) is 11.5. The lowest BCUT2D eigenvalue weighted by atomic mass is 10.1. The molecule has 0 fully saturated rings. The number of carbonyl (C=O) groups is 1. The summed E-state index contributed by atoms with van der Waals surface area (Å²) < 4.78 is 15.9. The van der Waals surface area contributed by atoms with Crippen LogP contribution < -0.4 is 9.47 Å². The quantitative estimate of drug-likeness (QED) is 0.875. The van der Waals surface area contributed by atoms with Crippen LogP contribution in [0.25, 0.3) is 0 Å². The molecular weight excluding hydrogens is 294 g/mol. The van der Waals surface area contributed by atoms with Crippen LogP contribution in [0.15, 0.2) is 34.9 Å². The van der Waals surface area contributed by atoms with Crippen LogP contribution in [0.3, 0.4) is 0 Å². The smallest absolute Gasteiger partial charge is 0.258 e. The van der Waals surface area contributed by atoms with Gasteiger partial charge in [0.2, 0.25) is 5.22 Å². The number of halogens is 1. The van der Waals surface area contributed by atoms with E-state index < -0.39 is 0 Å². The second-order valence-electron chi connectivity index (χ2n) is 4.75. The van der Waals surface area contributed by atoms with Gasteiger partial charge in [0.15, 0.2) is 11.5 Å². The predicted molar refractivity (Wildman–Crippen MR) is 76.9 cm³/mol. The summed E-state index contributed by atoms with van der Waals surface area (Å²) in [6.07, 6.45) is 1.40. The van der Waals surface area contributed by atoms with Gasteiger partial charge in [0.05, 0.1) is 11.8 Å². The van der Waals surface area contributed by atoms with E-state index in [-0.39, 0.29) is 11.1 Å². The van der Waals surface area contributed by atoms with Gasteiger partial charge in [-0.1, -0.05) is 6.07 Å². The average molecular weight is 308 g/mol. The van der Waals surface area contributed by atoms with Crippen molar-refractivity contribution in [1.82, 2.24) is 4.90 Å². The molecule has 0 aliphatic carbocycles. The van der Waals surface area contributed by atoms with Crippen LogP contribution in [0.4, 0.5) is 0 Å². The lowest BCUT2D eigenvalue weighted by molar-refractivity contribution is 0.0784. The van der Waals surface area contributed by atoms with Crippen LogP contribution in [-0.2, 0) is 6.54 Å². The maximum atomic E-state index is 12.2. The summed E-state index contributed by atoms with van der Waals surface area (Å²) in [5.41, 5.74) is 1.31. The van der Waals surface area contributed by atoms with Gasteiger partial charge >= 0.3 is 0 Å². The van der Waals surface area contributed by atoms with Gasteiger partial charge in [0, 0.05) is 13.6 Å². The highest BCUT2D eigenvalue weighted by atomic mass is 35.5. The summed E-state index contributed by atoms with van der Waals surface area (Å²) in [5, 5.41) is 0.106. The molecule has 2 aromatic rings. The van der Waals surface area contributed by atoms with Crippen molar-refractivity contribution in [3.05, 3.63) is 46.9 Å². The van der Waals surface area contributed by atoms with Crippen molar-refractivity contribution in [2.75, 3.05) is 20.3 Å². The minimum Gasteiger partial charge on any atom is -0.486 e. The van der Waals surface area contributed by atoms with Crippen molar-refractivity contribution in [3.63, 3.8) is 0 Å². The fraction of sp³-hybridized carbons (Fsp3) is 0.267. The Morgan fingerprint density at radius 2 is 2.00 bits per heavy atom. The molecule has 6 heteroatoms. The molecule has 21 heavy (non-hydrogen) atoms. The summed E-state index contributed by atoms with van der Waals surface area (Å²) in [4.78, 5) is 13.8. The largest absolute Gasteiger partial charge is 0.486 e. The maximum Gasteiger partial charge on any atom is 0.258 e. The number of nitrogens with zero attached hydrogens (tertiary/aromatic N) is 1. The Morgan fingerprint density at radius 1 is 1.24 bits per heavy atom. The molecule has 0 atom stereocenters. The van der Waals surface area contributed by atoms with E-state index in [2.05, 4.69) is 0 Å². The fourth-order valence-electron chi connectivity index (χ4n) is 2.18. The Kier molecular flexibility index (Phi) is 3.75. The first-order chi connectivity index (χ1) is 10.1. The van der Waals surface area contributed by atoms with E-state index in [1.807, 2.05) is 18.2 Å². The van der Waals surface area contributed by atoms with Gasteiger partial charge in [-0.05, 0) is 35.4 Å². The zero-order valence-corrected chi connectivity index (χ0v) is 12.2. The molecule has 2 heterocycles. The number of hydrogen-bond donors (Lipinski definition) is 0. The molecule has 0 spiro atoms. The van der Waals surface area contributed by atoms with Crippen molar-refractivity contribution in [2.24, 2.45) is 0 Å². The van der Waals surface area contributed by atoms with Crippen LogP contribution in [0.2, 0.25) is 5.22 Å². The third kappa shape index (κ3) is 2.83. The number of rotatable bonds is 3.